The quantitative estimate of drug-likeness (QED) is 0.444. The van der Waals surface area contributed by atoms with Gasteiger partial charge in [-0.05, 0) is 49.5 Å². The largest absolute Gasteiger partial charge is 0.462 e. The maximum Gasteiger partial charge on any atom is 0.302 e. The third-order valence-corrected chi connectivity index (χ3v) is 6.68. The van der Waals surface area contributed by atoms with E-state index in [9.17, 15) is 18.3 Å². The number of aliphatic hydroxyl groups is 1. The van der Waals surface area contributed by atoms with Crippen LogP contribution in [0.1, 0.15) is 47.5 Å². The van der Waals surface area contributed by atoms with Gasteiger partial charge < -0.3 is 9.84 Å². The molecule has 0 unspecified atom stereocenters. The van der Waals surface area contributed by atoms with Crippen LogP contribution in [0.3, 0.4) is 0 Å². The lowest BCUT2D eigenvalue weighted by atomic mass is 9.65. The predicted molar refractivity (Wildman–Crippen MR) is 113 cm³/mol. The van der Waals surface area contributed by atoms with Crippen LogP contribution in [-0.4, -0.2) is 37.0 Å². The van der Waals surface area contributed by atoms with Crippen molar-refractivity contribution in [3.05, 3.63) is 59.4 Å². The Labute approximate surface area is 173 Å². The van der Waals surface area contributed by atoms with Crippen LogP contribution in [0.15, 0.2) is 64.3 Å². The molecule has 0 amide bonds. The van der Waals surface area contributed by atoms with Gasteiger partial charge in [-0.25, -0.2) is 8.42 Å². The third-order valence-electron chi connectivity index (χ3n) is 5.08. The summed E-state index contributed by atoms with van der Waals surface area (Å²) < 4.78 is 30.1. The van der Waals surface area contributed by atoms with Gasteiger partial charge in [0.2, 0.25) is 0 Å². The van der Waals surface area contributed by atoms with Gasteiger partial charge in [0.05, 0.1) is 16.2 Å². The zero-order valence-corrected chi connectivity index (χ0v) is 18.5. The van der Waals surface area contributed by atoms with Gasteiger partial charge in [-0.1, -0.05) is 38.1 Å². The fourth-order valence-corrected chi connectivity index (χ4v) is 5.14. The Hall–Kier alpha value is -2.14. The van der Waals surface area contributed by atoms with Crippen LogP contribution in [0, 0.1) is 5.41 Å². The first-order valence-electron chi connectivity index (χ1n) is 9.65. The van der Waals surface area contributed by atoms with Crippen LogP contribution >= 0.6 is 0 Å². The van der Waals surface area contributed by atoms with E-state index in [4.69, 9.17) is 4.74 Å². The first-order chi connectivity index (χ1) is 13.3. The summed E-state index contributed by atoms with van der Waals surface area (Å²) in [7, 11) is -3.39. The molecule has 1 aliphatic rings. The molecular formula is C23H30O5S. The Bertz CT molecular complexity index is 926. The molecule has 1 aliphatic carbocycles. The lowest BCUT2D eigenvalue weighted by molar-refractivity contribution is -0.152. The summed E-state index contributed by atoms with van der Waals surface area (Å²) in [6.45, 7) is 8.82. The molecule has 0 aliphatic heterocycles. The minimum atomic E-state index is -3.39. The number of hydrogen-bond acceptors (Lipinski definition) is 5. The molecule has 0 aromatic heterocycles. The second kappa shape index (κ2) is 8.70. The molecule has 1 aromatic rings. The number of allylic oxidation sites excluding steroid dienone is 1. The molecule has 2 atom stereocenters. The van der Waals surface area contributed by atoms with E-state index in [-0.39, 0.29) is 17.8 Å². The summed E-state index contributed by atoms with van der Waals surface area (Å²) >= 11 is 0. The average molecular weight is 419 g/mol. The smallest absolute Gasteiger partial charge is 0.302 e. The van der Waals surface area contributed by atoms with Crippen molar-refractivity contribution in [1.82, 2.24) is 0 Å². The highest BCUT2D eigenvalue weighted by molar-refractivity contribution is 7.91. The zero-order chi connectivity index (χ0) is 21.9. The highest BCUT2D eigenvalue weighted by Crippen LogP contribution is 2.46. The van der Waals surface area contributed by atoms with Gasteiger partial charge in [0, 0.05) is 18.9 Å². The lowest BCUT2D eigenvalue weighted by Gasteiger charge is -2.44. The van der Waals surface area contributed by atoms with Crippen molar-refractivity contribution < 1.29 is 23.1 Å². The molecule has 2 rings (SSSR count). The normalized spacial score (nSPS) is 24.6. The highest BCUT2D eigenvalue weighted by atomic mass is 32.2. The van der Waals surface area contributed by atoms with Crippen molar-refractivity contribution in [3.63, 3.8) is 0 Å². The van der Waals surface area contributed by atoms with Crippen molar-refractivity contribution in [2.24, 2.45) is 5.41 Å². The van der Waals surface area contributed by atoms with E-state index < -0.39 is 20.9 Å². The summed E-state index contributed by atoms with van der Waals surface area (Å²) in [5.41, 5.74) is 3.05. The van der Waals surface area contributed by atoms with Gasteiger partial charge in [0.25, 0.3) is 0 Å². The molecule has 29 heavy (non-hydrogen) atoms. The van der Waals surface area contributed by atoms with Gasteiger partial charge >= 0.3 is 5.97 Å². The number of ether oxygens (including phenoxy) is 1. The molecule has 0 heterocycles. The van der Waals surface area contributed by atoms with Crippen molar-refractivity contribution >= 4 is 15.8 Å². The Morgan fingerprint density at radius 3 is 2.38 bits per heavy atom. The molecule has 158 valence electrons. The molecule has 1 fully saturated rings. The SMILES string of the molecule is CC(=O)O[C@H]1CC(C)(C)C(=C=C/C(C)=C/CS(=O)(=O)c2ccccc2)[C@](C)(O)C1. The summed E-state index contributed by atoms with van der Waals surface area (Å²) in [4.78, 5) is 11.6. The first-order valence-corrected chi connectivity index (χ1v) is 11.3. The maximum absolute atomic E-state index is 12.4. The molecule has 1 aromatic carbocycles. The minimum Gasteiger partial charge on any atom is -0.462 e. The van der Waals surface area contributed by atoms with Crippen molar-refractivity contribution in [1.29, 1.82) is 0 Å². The Morgan fingerprint density at radius 2 is 1.83 bits per heavy atom. The van der Waals surface area contributed by atoms with Gasteiger partial charge in [-0.15, -0.1) is 5.73 Å². The van der Waals surface area contributed by atoms with Crippen LogP contribution in [0.4, 0.5) is 0 Å². The van der Waals surface area contributed by atoms with Crippen LogP contribution in [0.2, 0.25) is 0 Å². The van der Waals surface area contributed by atoms with Crippen LogP contribution in [0.5, 0.6) is 0 Å². The highest BCUT2D eigenvalue weighted by Gasteiger charge is 2.46. The van der Waals surface area contributed by atoms with Crippen LogP contribution in [-0.2, 0) is 19.4 Å². The zero-order valence-electron chi connectivity index (χ0n) is 17.7. The number of hydrogen-bond donors (Lipinski definition) is 1. The number of carbonyl (C=O) groups excluding carboxylic acids is 1. The fraction of sp³-hybridized carbons (Fsp3) is 0.478. The second-order valence-corrected chi connectivity index (χ2v) is 10.5. The fourth-order valence-electron chi connectivity index (χ4n) is 3.90. The number of rotatable bonds is 5. The molecule has 0 spiro atoms. The summed E-state index contributed by atoms with van der Waals surface area (Å²) in [6, 6.07) is 8.34. The molecule has 1 saturated carbocycles. The summed E-state index contributed by atoms with van der Waals surface area (Å²) in [5, 5.41) is 10.9. The first kappa shape index (κ1) is 23.1. The lowest BCUT2D eigenvalue weighted by Crippen LogP contribution is -2.46. The van der Waals surface area contributed by atoms with E-state index in [1.807, 2.05) is 13.8 Å². The maximum atomic E-state index is 12.4. The Morgan fingerprint density at radius 1 is 1.21 bits per heavy atom. The number of benzene rings is 1. The van der Waals surface area contributed by atoms with E-state index in [0.29, 0.717) is 23.3 Å². The van der Waals surface area contributed by atoms with Crippen molar-refractivity contribution in [3.8, 4) is 0 Å². The molecule has 0 saturated heterocycles. The van der Waals surface area contributed by atoms with Gasteiger partial charge in [-0.3, -0.25) is 4.79 Å². The monoisotopic (exact) mass is 418 g/mol. The van der Waals surface area contributed by atoms with E-state index >= 15 is 0 Å². The van der Waals surface area contributed by atoms with Crippen LogP contribution in [0.25, 0.3) is 0 Å². The molecule has 1 N–H and O–H groups in total. The van der Waals surface area contributed by atoms with E-state index in [1.54, 1.807) is 56.3 Å². The number of carbonyl (C=O) groups is 1. The average Bonchev–Trinajstić information content (AvgIpc) is 2.58. The topological polar surface area (TPSA) is 80.7 Å². The Kier molecular flexibility index (Phi) is 6.94. The molecule has 0 radical (unpaired) electrons. The molecule has 5 nitrogen and oxygen atoms in total. The molecule has 6 heteroatoms. The molecule has 0 bridgehead atoms. The summed E-state index contributed by atoms with van der Waals surface area (Å²) in [5.74, 6) is -0.465. The van der Waals surface area contributed by atoms with Gasteiger partial charge in [0.15, 0.2) is 9.84 Å². The molecular weight excluding hydrogens is 388 g/mol. The number of esters is 1. The predicted octanol–water partition coefficient (Wildman–Crippen LogP) is 3.99. The van der Waals surface area contributed by atoms with Crippen LogP contribution < -0.4 is 0 Å². The van der Waals surface area contributed by atoms with E-state index in [2.05, 4.69) is 5.73 Å². The van der Waals surface area contributed by atoms with E-state index in [1.165, 1.54) is 6.92 Å². The Balaban J connectivity index is 2.24. The van der Waals surface area contributed by atoms with Crippen molar-refractivity contribution in [2.75, 3.05) is 5.75 Å². The number of sulfone groups is 1. The van der Waals surface area contributed by atoms with Gasteiger partial charge in [-0.2, -0.15) is 0 Å². The third kappa shape index (κ3) is 6.17. The van der Waals surface area contributed by atoms with Gasteiger partial charge in [0.1, 0.15) is 6.10 Å². The summed E-state index contributed by atoms with van der Waals surface area (Å²) in [6.07, 6.45) is 3.89. The van der Waals surface area contributed by atoms with Crippen molar-refractivity contribution in [2.45, 2.75) is 64.1 Å². The standard InChI is InChI=1S/C23H30O5S/c1-17(13-14-29(26,27)20-9-7-6-8-10-20)11-12-21-22(3,4)15-19(28-18(2)24)16-23(21,5)25/h6-11,13,19,25H,14-16H2,1-5H3/b17-13+/t12?,19-,23+/m0/s1. The second-order valence-electron chi connectivity index (χ2n) is 8.50. The minimum absolute atomic E-state index is 0.106. The van der Waals surface area contributed by atoms with E-state index in [0.717, 1.165) is 5.57 Å².